The zero-order chi connectivity index (χ0) is 8.55. The Morgan fingerprint density at radius 2 is 1.75 bits per heavy atom. The van der Waals surface area contributed by atoms with Gasteiger partial charge in [-0.2, -0.15) is 0 Å². The maximum atomic E-state index is 5.84. The summed E-state index contributed by atoms with van der Waals surface area (Å²) in [5, 5.41) is 0.439. The summed E-state index contributed by atoms with van der Waals surface area (Å²) in [6.07, 6.45) is 0. The summed E-state index contributed by atoms with van der Waals surface area (Å²) in [6.45, 7) is 0. The highest BCUT2D eigenvalue weighted by Gasteiger charge is 2.18. The van der Waals surface area contributed by atoms with Crippen LogP contribution in [0, 0.1) is 0 Å². The molecule has 1 aliphatic heterocycles. The molecule has 0 unspecified atom stereocenters. The molecule has 0 saturated heterocycles. The van der Waals surface area contributed by atoms with Gasteiger partial charge >= 0.3 is 0 Å². The quantitative estimate of drug-likeness (QED) is 0.603. The van der Waals surface area contributed by atoms with E-state index in [9.17, 15) is 0 Å². The smallest absolute Gasteiger partial charge is 0.264 e. The van der Waals surface area contributed by atoms with Crippen molar-refractivity contribution in [3.8, 4) is 5.75 Å². The van der Waals surface area contributed by atoms with Crippen molar-refractivity contribution in [2.24, 2.45) is 0 Å². The van der Waals surface area contributed by atoms with Crippen molar-refractivity contribution in [3.63, 3.8) is 0 Å². The van der Waals surface area contributed by atoms with Crippen molar-refractivity contribution in [1.82, 2.24) is 0 Å². The van der Waals surface area contributed by atoms with Crippen molar-refractivity contribution in [2.45, 2.75) is 0 Å². The number of fused-ring (bicyclic) bond motifs is 1. The van der Waals surface area contributed by atoms with E-state index in [1.165, 1.54) is 0 Å². The second-order valence-corrected chi connectivity index (χ2v) is 2.97. The molecule has 0 aliphatic carbocycles. The van der Waals surface area contributed by atoms with Crippen LogP contribution in [0.5, 0.6) is 5.75 Å². The third-order valence-corrected chi connectivity index (χ3v) is 2.22. The Balaban J connectivity index is 2.59. The number of hydrogen-bond donors (Lipinski definition) is 0. The van der Waals surface area contributed by atoms with Crippen molar-refractivity contribution < 1.29 is 9.78 Å². The summed E-state index contributed by atoms with van der Waals surface area (Å²) in [4.78, 5) is 9.46. The van der Waals surface area contributed by atoms with Crippen LogP contribution >= 0.6 is 23.2 Å². The standard InChI is InChI=1S/C8H4Cl2O2/c9-7-5-3-1-2-4-6(5)11-12-8(7)10/h1-4H. The fraction of sp³-hybridized carbons (Fsp3) is 0. The summed E-state index contributed by atoms with van der Waals surface area (Å²) < 4.78 is 0. The molecule has 0 spiro atoms. The molecule has 0 aromatic heterocycles. The Labute approximate surface area is 79.2 Å². The molecule has 1 aromatic carbocycles. The minimum atomic E-state index is 0.0652. The van der Waals surface area contributed by atoms with Crippen LogP contribution in [0.15, 0.2) is 29.5 Å². The summed E-state index contributed by atoms with van der Waals surface area (Å²) in [7, 11) is 0. The third kappa shape index (κ3) is 1.13. The van der Waals surface area contributed by atoms with Gasteiger partial charge in [-0.25, -0.2) is 0 Å². The lowest BCUT2D eigenvalue weighted by Crippen LogP contribution is -2.02. The number of halogens is 2. The summed E-state index contributed by atoms with van der Waals surface area (Å²) in [6, 6.07) is 7.23. The van der Waals surface area contributed by atoms with Gasteiger partial charge in [-0.3, -0.25) is 9.78 Å². The van der Waals surface area contributed by atoms with Gasteiger partial charge in [0.15, 0.2) is 5.75 Å². The van der Waals surface area contributed by atoms with Crippen molar-refractivity contribution in [3.05, 3.63) is 35.0 Å². The van der Waals surface area contributed by atoms with Crippen LogP contribution in [0.4, 0.5) is 0 Å². The number of rotatable bonds is 0. The molecule has 0 saturated carbocycles. The van der Waals surface area contributed by atoms with Crippen molar-refractivity contribution in [2.75, 3.05) is 0 Å². The van der Waals surface area contributed by atoms with Crippen molar-refractivity contribution in [1.29, 1.82) is 0 Å². The van der Waals surface area contributed by atoms with Crippen LogP contribution in [-0.4, -0.2) is 0 Å². The van der Waals surface area contributed by atoms with E-state index in [0.29, 0.717) is 10.8 Å². The van der Waals surface area contributed by atoms with Crippen molar-refractivity contribution >= 4 is 28.2 Å². The van der Waals surface area contributed by atoms with Crippen LogP contribution in [-0.2, 0) is 4.89 Å². The third-order valence-electron chi connectivity index (χ3n) is 1.50. The molecule has 62 valence electrons. The molecule has 4 heteroatoms. The summed E-state index contributed by atoms with van der Waals surface area (Å²) in [5.41, 5.74) is 0.746. The van der Waals surface area contributed by atoms with Crippen LogP contribution in [0.1, 0.15) is 5.56 Å². The van der Waals surface area contributed by atoms with E-state index in [1.807, 2.05) is 18.2 Å². The van der Waals surface area contributed by atoms with E-state index in [0.717, 1.165) is 5.56 Å². The molecular formula is C8H4Cl2O2. The minimum Gasteiger partial charge on any atom is -0.288 e. The average molecular weight is 203 g/mol. The van der Waals surface area contributed by atoms with Gasteiger partial charge in [0.05, 0.1) is 0 Å². The highest BCUT2D eigenvalue weighted by Crippen LogP contribution is 2.36. The van der Waals surface area contributed by atoms with Gasteiger partial charge in [-0.1, -0.05) is 23.7 Å². The topological polar surface area (TPSA) is 18.5 Å². The van der Waals surface area contributed by atoms with E-state index >= 15 is 0 Å². The highest BCUT2D eigenvalue weighted by molar-refractivity contribution is 6.54. The van der Waals surface area contributed by atoms with E-state index in [2.05, 4.69) is 4.89 Å². The van der Waals surface area contributed by atoms with Gasteiger partial charge in [-0.05, 0) is 23.7 Å². The van der Waals surface area contributed by atoms with Crippen LogP contribution in [0.3, 0.4) is 0 Å². The molecule has 12 heavy (non-hydrogen) atoms. The Bertz CT molecular complexity index is 347. The number of para-hydroxylation sites is 1. The first-order valence-corrected chi connectivity index (χ1v) is 4.04. The summed E-state index contributed by atoms with van der Waals surface area (Å²) in [5.74, 6) is 0.576. The molecule has 1 aliphatic rings. The first kappa shape index (κ1) is 7.77. The highest BCUT2D eigenvalue weighted by atomic mass is 35.5. The maximum Gasteiger partial charge on any atom is 0.264 e. The SMILES string of the molecule is ClC1=C(Cl)c2ccccc2OO1. The Hall–Kier alpha value is -0.860. The maximum absolute atomic E-state index is 5.84. The average Bonchev–Trinajstić information content (AvgIpc) is 2.12. The Kier molecular flexibility index (Phi) is 1.87. The van der Waals surface area contributed by atoms with Gasteiger partial charge in [0.2, 0.25) is 0 Å². The first-order chi connectivity index (χ1) is 5.79. The Morgan fingerprint density at radius 3 is 2.58 bits per heavy atom. The summed E-state index contributed by atoms with van der Waals surface area (Å²) >= 11 is 11.4. The molecular weight excluding hydrogens is 199 g/mol. The number of benzene rings is 1. The molecule has 2 rings (SSSR count). The van der Waals surface area contributed by atoms with Gasteiger partial charge in [-0.15, -0.1) is 0 Å². The molecule has 0 bridgehead atoms. The van der Waals surface area contributed by atoms with E-state index in [4.69, 9.17) is 28.1 Å². The molecule has 0 radical (unpaired) electrons. The fourth-order valence-electron chi connectivity index (χ4n) is 0.945. The van der Waals surface area contributed by atoms with E-state index in [-0.39, 0.29) is 5.22 Å². The molecule has 1 aromatic rings. The van der Waals surface area contributed by atoms with Crippen LogP contribution in [0.25, 0.3) is 5.03 Å². The molecule has 1 heterocycles. The van der Waals surface area contributed by atoms with Gasteiger partial charge in [0, 0.05) is 5.56 Å². The first-order valence-electron chi connectivity index (χ1n) is 3.28. The number of hydrogen-bond acceptors (Lipinski definition) is 2. The van der Waals surface area contributed by atoms with Gasteiger partial charge in [0.25, 0.3) is 5.22 Å². The molecule has 0 N–H and O–H groups in total. The normalized spacial score (nSPS) is 14.8. The van der Waals surface area contributed by atoms with Gasteiger partial charge < -0.3 is 0 Å². The van der Waals surface area contributed by atoms with Crippen LogP contribution in [0.2, 0.25) is 0 Å². The lowest BCUT2D eigenvalue weighted by atomic mass is 10.2. The lowest BCUT2D eigenvalue weighted by molar-refractivity contribution is -0.158. The van der Waals surface area contributed by atoms with E-state index in [1.54, 1.807) is 6.07 Å². The minimum absolute atomic E-state index is 0.0652. The lowest BCUT2D eigenvalue weighted by Gasteiger charge is -2.14. The van der Waals surface area contributed by atoms with E-state index < -0.39 is 0 Å². The fourth-order valence-corrected chi connectivity index (χ4v) is 1.27. The zero-order valence-electron chi connectivity index (χ0n) is 5.88. The van der Waals surface area contributed by atoms with Gasteiger partial charge in [0.1, 0.15) is 5.03 Å². The second-order valence-electron chi connectivity index (χ2n) is 2.25. The zero-order valence-corrected chi connectivity index (χ0v) is 7.39. The second kappa shape index (κ2) is 2.88. The monoisotopic (exact) mass is 202 g/mol. The van der Waals surface area contributed by atoms with Crippen LogP contribution < -0.4 is 4.89 Å². The predicted molar refractivity (Wildman–Crippen MR) is 46.8 cm³/mol. The largest absolute Gasteiger partial charge is 0.288 e. The molecule has 2 nitrogen and oxygen atoms in total. The molecule has 0 amide bonds. The Morgan fingerprint density at radius 1 is 1.00 bits per heavy atom. The predicted octanol–water partition coefficient (Wildman–Crippen LogP) is 3.11. The molecule has 0 fully saturated rings. The molecule has 0 atom stereocenters.